The molecule has 1 unspecified atom stereocenters. The first-order chi connectivity index (χ1) is 16.7. The Hall–Kier alpha value is -3.62. The summed E-state index contributed by atoms with van der Waals surface area (Å²) in [5, 5.41) is 16.4. The SMILES string of the molecule is NC(=O)N1CC(C(CO)(CNc2cc(C(F)(F)F)nc3cc(C(F)(F)F)nn23)c2ccc(F)cc2)C1. The van der Waals surface area contributed by atoms with Crippen molar-refractivity contribution < 1.29 is 40.6 Å². The molecule has 4 rings (SSSR count). The predicted octanol–water partition coefficient (Wildman–Crippen LogP) is 3.26. The van der Waals surface area contributed by atoms with Crippen LogP contribution >= 0.6 is 0 Å². The van der Waals surface area contributed by atoms with Crippen LogP contribution in [-0.4, -0.2) is 56.9 Å². The van der Waals surface area contributed by atoms with Crippen LogP contribution in [0.1, 0.15) is 17.0 Å². The molecule has 15 heteroatoms. The molecule has 2 aromatic heterocycles. The fourth-order valence-corrected chi connectivity index (χ4v) is 4.18. The number of aliphatic hydroxyl groups excluding tert-OH is 1. The van der Waals surface area contributed by atoms with E-state index in [1.807, 2.05) is 0 Å². The van der Waals surface area contributed by atoms with E-state index in [0.29, 0.717) is 22.2 Å². The van der Waals surface area contributed by atoms with Gasteiger partial charge in [0.05, 0.1) is 6.61 Å². The first-order valence-electron chi connectivity index (χ1n) is 10.4. The number of aliphatic hydroxyl groups is 1. The molecule has 3 heterocycles. The number of anilines is 1. The Morgan fingerprint density at radius 1 is 1.06 bits per heavy atom. The number of primary amides is 1. The summed E-state index contributed by atoms with van der Waals surface area (Å²) in [5.41, 5.74) is 0.800. The predicted molar refractivity (Wildman–Crippen MR) is 111 cm³/mol. The average molecular weight is 520 g/mol. The number of hydrogen-bond donors (Lipinski definition) is 3. The van der Waals surface area contributed by atoms with Crippen molar-refractivity contribution >= 4 is 17.5 Å². The summed E-state index contributed by atoms with van der Waals surface area (Å²) >= 11 is 0. The lowest BCUT2D eigenvalue weighted by Crippen LogP contribution is -2.62. The number of carbonyl (C=O) groups excluding carboxylic acids is 1. The number of nitrogens with two attached hydrogens (primary N) is 1. The van der Waals surface area contributed by atoms with Gasteiger partial charge in [-0.3, -0.25) is 0 Å². The fraction of sp³-hybridized carbons (Fsp3) is 0.381. The topological polar surface area (TPSA) is 109 Å². The van der Waals surface area contributed by atoms with Gasteiger partial charge in [0.2, 0.25) is 0 Å². The molecule has 0 saturated carbocycles. The second kappa shape index (κ2) is 8.80. The van der Waals surface area contributed by atoms with Crippen molar-refractivity contribution in [1.29, 1.82) is 0 Å². The maximum Gasteiger partial charge on any atom is 0.435 e. The molecule has 1 atom stereocenters. The highest BCUT2D eigenvalue weighted by atomic mass is 19.4. The Morgan fingerprint density at radius 2 is 1.67 bits per heavy atom. The van der Waals surface area contributed by atoms with Crippen LogP contribution in [-0.2, 0) is 17.8 Å². The van der Waals surface area contributed by atoms with E-state index >= 15 is 0 Å². The molecule has 1 aliphatic rings. The summed E-state index contributed by atoms with van der Waals surface area (Å²) in [6.45, 7) is -0.705. The quantitative estimate of drug-likeness (QED) is 0.433. The van der Waals surface area contributed by atoms with Crippen LogP contribution in [0.2, 0.25) is 0 Å². The number of hydrogen-bond acceptors (Lipinski definition) is 5. The molecule has 0 spiro atoms. The minimum Gasteiger partial charge on any atom is -0.395 e. The monoisotopic (exact) mass is 520 g/mol. The third kappa shape index (κ3) is 4.62. The number of nitrogens with zero attached hydrogens (tertiary/aromatic N) is 4. The maximum absolute atomic E-state index is 13.6. The summed E-state index contributed by atoms with van der Waals surface area (Å²) in [4.78, 5) is 16.0. The molecule has 194 valence electrons. The van der Waals surface area contributed by atoms with Gasteiger partial charge in [-0.25, -0.2) is 14.2 Å². The van der Waals surface area contributed by atoms with E-state index in [9.17, 15) is 40.6 Å². The summed E-state index contributed by atoms with van der Waals surface area (Å²) < 4.78 is 94.0. The Balaban J connectivity index is 1.76. The van der Waals surface area contributed by atoms with Crippen molar-refractivity contribution in [3.8, 4) is 0 Å². The molecule has 8 nitrogen and oxygen atoms in total. The Bertz CT molecular complexity index is 1270. The smallest absolute Gasteiger partial charge is 0.395 e. The second-order valence-electron chi connectivity index (χ2n) is 8.44. The zero-order valence-electron chi connectivity index (χ0n) is 18.2. The number of likely N-dealkylation sites (tertiary alicyclic amines) is 1. The lowest BCUT2D eigenvalue weighted by molar-refractivity contribution is -0.142. The van der Waals surface area contributed by atoms with Gasteiger partial charge in [-0.15, -0.1) is 0 Å². The summed E-state index contributed by atoms with van der Waals surface area (Å²) in [5.74, 6) is -1.50. The van der Waals surface area contributed by atoms with Gasteiger partial charge in [0.25, 0.3) is 0 Å². The van der Waals surface area contributed by atoms with Crippen molar-refractivity contribution in [2.45, 2.75) is 17.8 Å². The number of alkyl halides is 6. The van der Waals surface area contributed by atoms with Crippen molar-refractivity contribution in [3.05, 3.63) is 59.2 Å². The number of rotatable bonds is 6. The van der Waals surface area contributed by atoms with Crippen LogP contribution in [0.5, 0.6) is 0 Å². The van der Waals surface area contributed by atoms with Gasteiger partial charge >= 0.3 is 18.4 Å². The molecular weight excluding hydrogens is 501 g/mol. The van der Waals surface area contributed by atoms with E-state index in [2.05, 4.69) is 15.4 Å². The first kappa shape index (κ1) is 25.5. The molecule has 3 aromatic rings. The van der Waals surface area contributed by atoms with E-state index in [-0.39, 0.29) is 19.6 Å². The van der Waals surface area contributed by atoms with Gasteiger partial charge in [0, 0.05) is 43.1 Å². The number of amides is 2. The third-order valence-electron chi connectivity index (χ3n) is 6.27. The van der Waals surface area contributed by atoms with Crippen molar-refractivity contribution in [2.24, 2.45) is 11.7 Å². The Labute approximate surface area is 198 Å². The second-order valence-corrected chi connectivity index (χ2v) is 8.44. The summed E-state index contributed by atoms with van der Waals surface area (Å²) in [6, 6.07) is 5.17. The fourth-order valence-electron chi connectivity index (χ4n) is 4.18. The highest BCUT2D eigenvalue weighted by molar-refractivity contribution is 5.73. The highest BCUT2D eigenvalue weighted by Crippen LogP contribution is 2.39. The van der Waals surface area contributed by atoms with Crippen LogP contribution < -0.4 is 11.1 Å². The van der Waals surface area contributed by atoms with Crippen molar-refractivity contribution in [3.63, 3.8) is 0 Å². The van der Waals surface area contributed by atoms with Gasteiger partial charge < -0.3 is 21.1 Å². The molecular formula is C21H19F7N6O2. The van der Waals surface area contributed by atoms with Crippen LogP contribution in [0.25, 0.3) is 5.65 Å². The van der Waals surface area contributed by atoms with Crippen LogP contribution in [0.4, 0.5) is 41.3 Å². The van der Waals surface area contributed by atoms with Crippen molar-refractivity contribution in [1.82, 2.24) is 19.5 Å². The molecule has 0 radical (unpaired) electrons. The molecule has 2 amide bonds. The molecule has 36 heavy (non-hydrogen) atoms. The Morgan fingerprint density at radius 3 is 2.19 bits per heavy atom. The highest BCUT2D eigenvalue weighted by Gasteiger charge is 2.47. The molecule has 1 fully saturated rings. The zero-order chi connectivity index (χ0) is 26.5. The lowest BCUT2D eigenvalue weighted by Gasteiger charge is -2.49. The van der Waals surface area contributed by atoms with Gasteiger partial charge in [0.1, 0.15) is 11.6 Å². The van der Waals surface area contributed by atoms with Gasteiger partial charge in [0.15, 0.2) is 17.0 Å². The minimum absolute atomic E-state index is 0.0918. The summed E-state index contributed by atoms with van der Waals surface area (Å²) in [6.07, 6.45) is -9.90. The average Bonchev–Trinajstić information content (AvgIpc) is 3.20. The molecule has 1 aromatic carbocycles. The number of aromatic nitrogens is 3. The number of urea groups is 1. The van der Waals surface area contributed by atoms with Gasteiger partial charge in [-0.1, -0.05) is 12.1 Å². The zero-order valence-corrected chi connectivity index (χ0v) is 18.2. The normalized spacial score (nSPS) is 16.6. The maximum atomic E-state index is 13.6. The van der Waals surface area contributed by atoms with E-state index in [1.54, 1.807) is 0 Å². The number of halogens is 7. The largest absolute Gasteiger partial charge is 0.435 e. The Kier molecular flexibility index (Phi) is 6.22. The van der Waals surface area contributed by atoms with Crippen LogP contribution in [0.3, 0.4) is 0 Å². The molecule has 4 N–H and O–H groups in total. The molecule has 0 bridgehead atoms. The molecule has 0 aliphatic carbocycles. The summed E-state index contributed by atoms with van der Waals surface area (Å²) in [7, 11) is 0. The number of fused-ring (bicyclic) bond motifs is 1. The third-order valence-corrected chi connectivity index (χ3v) is 6.27. The minimum atomic E-state index is -4.97. The molecule has 1 aliphatic heterocycles. The van der Waals surface area contributed by atoms with E-state index in [4.69, 9.17) is 5.73 Å². The number of carbonyl (C=O) groups is 1. The number of nitrogens with one attached hydrogen (secondary N) is 1. The van der Waals surface area contributed by atoms with E-state index in [0.717, 1.165) is 12.1 Å². The standard InChI is InChI=1S/C21H19F7N6O2/c22-13-3-1-11(2-4-13)19(10-35,12-7-33(8-12)18(29)36)9-30-16-5-14(20(23,24)25)31-17-6-15(21(26,27)28)32-34(16)17/h1-6,12,30,35H,7-10H2,(H2,29,36). The molecule has 1 saturated heterocycles. The van der Waals surface area contributed by atoms with E-state index < -0.39 is 65.0 Å². The van der Waals surface area contributed by atoms with Gasteiger partial charge in [-0.2, -0.15) is 36.0 Å². The lowest BCUT2D eigenvalue weighted by atomic mass is 9.67. The number of benzene rings is 1. The first-order valence-corrected chi connectivity index (χ1v) is 10.4. The van der Waals surface area contributed by atoms with Crippen molar-refractivity contribution in [2.75, 3.05) is 31.6 Å². The van der Waals surface area contributed by atoms with Crippen LogP contribution in [0.15, 0.2) is 36.4 Å². The van der Waals surface area contributed by atoms with E-state index in [1.165, 1.54) is 17.0 Å². The van der Waals surface area contributed by atoms with Crippen LogP contribution in [0, 0.1) is 11.7 Å². The van der Waals surface area contributed by atoms with Gasteiger partial charge in [-0.05, 0) is 17.7 Å².